The minimum absolute atomic E-state index is 0.0113. The normalized spacial score (nSPS) is 12.0. The number of aromatic nitrogens is 2. The van der Waals surface area contributed by atoms with Gasteiger partial charge in [-0.2, -0.15) is 5.10 Å². The molecule has 6 heteroatoms. The fourth-order valence-electron chi connectivity index (χ4n) is 3.00. The van der Waals surface area contributed by atoms with Crippen molar-refractivity contribution in [2.45, 2.75) is 53.8 Å². The molecule has 0 aliphatic rings. The number of nitrogens with zero attached hydrogens (tertiary/aromatic N) is 2. The summed E-state index contributed by atoms with van der Waals surface area (Å²) in [6.45, 7) is 11.2. The monoisotopic (exact) mass is 397 g/mol. The molecule has 0 saturated carbocycles. The number of hydrogen-bond donors (Lipinski definition) is 1. The molecule has 0 aliphatic heterocycles. The first-order chi connectivity index (χ1) is 13.3. The van der Waals surface area contributed by atoms with E-state index >= 15 is 0 Å². The van der Waals surface area contributed by atoms with Gasteiger partial charge in [-0.15, -0.1) is 11.3 Å². The van der Waals surface area contributed by atoms with Crippen LogP contribution in [0.25, 0.3) is 0 Å². The van der Waals surface area contributed by atoms with Crippen molar-refractivity contribution < 1.29 is 9.53 Å². The highest BCUT2D eigenvalue weighted by molar-refractivity contribution is 7.12. The van der Waals surface area contributed by atoms with E-state index in [0.717, 1.165) is 22.7 Å². The van der Waals surface area contributed by atoms with E-state index in [1.54, 1.807) is 0 Å². The van der Waals surface area contributed by atoms with Crippen LogP contribution in [0.5, 0.6) is 5.75 Å². The summed E-state index contributed by atoms with van der Waals surface area (Å²) in [5.74, 6) is 0.787. The topological polar surface area (TPSA) is 56.2 Å². The zero-order chi connectivity index (χ0) is 20.3. The van der Waals surface area contributed by atoms with Crippen molar-refractivity contribution in [1.29, 1.82) is 0 Å². The van der Waals surface area contributed by atoms with Crippen LogP contribution in [0.15, 0.2) is 35.7 Å². The Labute approximate surface area is 170 Å². The predicted molar refractivity (Wildman–Crippen MR) is 113 cm³/mol. The van der Waals surface area contributed by atoms with E-state index < -0.39 is 0 Å². The maximum Gasteiger partial charge on any atom is 0.261 e. The molecule has 3 rings (SSSR count). The minimum Gasteiger partial charge on any atom is -0.489 e. The number of carbonyl (C=O) groups is 1. The van der Waals surface area contributed by atoms with Gasteiger partial charge in [0.15, 0.2) is 0 Å². The number of amides is 1. The minimum atomic E-state index is -0.0588. The number of ether oxygens (including phenoxy) is 1. The highest BCUT2D eigenvalue weighted by Gasteiger charge is 2.14. The van der Waals surface area contributed by atoms with Crippen LogP contribution in [0.4, 0.5) is 0 Å². The van der Waals surface area contributed by atoms with Crippen LogP contribution in [0.2, 0.25) is 0 Å². The van der Waals surface area contributed by atoms with Gasteiger partial charge >= 0.3 is 0 Å². The third-order valence-electron chi connectivity index (χ3n) is 4.69. The molecule has 148 valence electrons. The van der Waals surface area contributed by atoms with E-state index in [0.29, 0.717) is 18.0 Å². The van der Waals surface area contributed by atoms with Crippen molar-refractivity contribution in [3.8, 4) is 5.75 Å². The Kier molecular flexibility index (Phi) is 6.19. The van der Waals surface area contributed by atoms with Gasteiger partial charge in [0.05, 0.1) is 17.1 Å². The molecular weight excluding hydrogens is 370 g/mol. The third kappa shape index (κ3) is 5.01. The van der Waals surface area contributed by atoms with Crippen LogP contribution < -0.4 is 10.1 Å². The Morgan fingerprint density at radius 3 is 2.64 bits per heavy atom. The summed E-state index contributed by atoms with van der Waals surface area (Å²) in [5.41, 5.74) is 5.54. The molecule has 3 aromatic rings. The van der Waals surface area contributed by atoms with E-state index in [4.69, 9.17) is 4.74 Å². The lowest BCUT2D eigenvalue weighted by Gasteiger charge is -2.14. The summed E-state index contributed by atoms with van der Waals surface area (Å²) < 4.78 is 7.79. The summed E-state index contributed by atoms with van der Waals surface area (Å²) in [5, 5.41) is 9.48. The summed E-state index contributed by atoms with van der Waals surface area (Å²) in [7, 11) is 0. The maximum atomic E-state index is 12.5. The zero-order valence-electron chi connectivity index (χ0n) is 17.1. The Balaban J connectivity index is 1.54. The van der Waals surface area contributed by atoms with Crippen LogP contribution in [0.3, 0.4) is 0 Å². The van der Waals surface area contributed by atoms with Gasteiger partial charge in [-0.3, -0.25) is 9.48 Å². The molecule has 0 saturated heterocycles. The second-order valence-corrected chi connectivity index (χ2v) is 8.25. The molecule has 28 heavy (non-hydrogen) atoms. The summed E-state index contributed by atoms with van der Waals surface area (Å²) >= 11 is 1.44. The summed E-state index contributed by atoms with van der Waals surface area (Å²) in [6, 6.07) is 10.00. The Morgan fingerprint density at radius 1 is 1.18 bits per heavy atom. The second kappa shape index (κ2) is 8.61. The van der Waals surface area contributed by atoms with Gasteiger partial charge < -0.3 is 10.1 Å². The van der Waals surface area contributed by atoms with Gasteiger partial charge in [-0.05, 0) is 75.4 Å². The van der Waals surface area contributed by atoms with E-state index in [2.05, 4.69) is 30.3 Å². The standard InChI is InChI=1S/C22H27N3O2S/c1-14-6-7-20(8-15(14)2)27-12-19-10-21(28-13-19)22(26)23-17(4)11-25-18(5)9-16(3)24-25/h6-10,13,17H,11-12H2,1-5H3,(H,23,26). The zero-order valence-corrected chi connectivity index (χ0v) is 17.9. The number of rotatable bonds is 7. The van der Waals surface area contributed by atoms with Gasteiger partial charge in [0.2, 0.25) is 0 Å². The van der Waals surface area contributed by atoms with Crippen LogP contribution in [0.1, 0.15) is 44.7 Å². The van der Waals surface area contributed by atoms with Crippen molar-refractivity contribution in [2.75, 3.05) is 0 Å². The molecule has 0 radical (unpaired) electrons. The highest BCUT2D eigenvalue weighted by Crippen LogP contribution is 2.20. The molecule has 1 atom stereocenters. The van der Waals surface area contributed by atoms with E-state index in [9.17, 15) is 4.79 Å². The Hall–Kier alpha value is -2.60. The van der Waals surface area contributed by atoms with Crippen molar-refractivity contribution >= 4 is 17.2 Å². The second-order valence-electron chi connectivity index (χ2n) is 7.34. The van der Waals surface area contributed by atoms with Crippen molar-refractivity contribution in [3.63, 3.8) is 0 Å². The average Bonchev–Trinajstić information content (AvgIpc) is 3.22. The fraction of sp³-hybridized carbons (Fsp3) is 0.364. The fourth-order valence-corrected chi connectivity index (χ4v) is 3.80. The quantitative estimate of drug-likeness (QED) is 0.635. The molecule has 1 amide bonds. The molecule has 0 bridgehead atoms. The van der Waals surface area contributed by atoms with E-state index in [-0.39, 0.29) is 11.9 Å². The van der Waals surface area contributed by atoms with Crippen molar-refractivity contribution in [1.82, 2.24) is 15.1 Å². The number of thiophene rings is 1. The molecule has 1 unspecified atom stereocenters. The summed E-state index contributed by atoms with van der Waals surface area (Å²) in [6.07, 6.45) is 0. The van der Waals surface area contributed by atoms with Crippen molar-refractivity contribution in [2.24, 2.45) is 0 Å². The number of aryl methyl sites for hydroxylation is 4. The SMILES string of the molecule is Cc1cc(C)n(CC(C)NC(=O)c2cc(COc3ccc(C)c(C)c3)cs2)n1. The Morgan fingerprint density at radius 2 is 1.96 bits per heavy atom. The number of nitrogens with one attached hydrogen (secondary N) is 1. The lowest BCUT2D eigenvalue weighted by atomic mass is 10.1. The van der Waals surface area contributed by atoms with Crippen molar-refractivity contribution in [3.05, 3.63) is 68.7 Å². The van der Waals surface area contributed by atoms with Gasteiger partial charge in [-0.25, -0.2) is 0 Å². The lowest BCUT2D eigenvalue weighted by Crippen LogP contribution is -2.35. The molecule has 0 aliphatic carbocycles. The number of benzene rings is 1. The number of hydrogen-bond acceptors (Lipinski definition) is 4. The van der Waals surface area contributed by atoms with Crippen LogP contribution in [-0.2, 0) is 13.2 Å². The third-order valence-corrected chi connectivity index (χ3v) is 5.67. The molecule has 1 aromatic carbocycles. The highest BCUT2D eigenvalue weighted by atomic mass is 32.1. The molecular formula is C22H27N3O2S. The molecule has 1 N–H and O–H groups in total. The van der Waals surface area contributed by atoms with E-state index in [1.807, 2.05) is 55.1 Å². The molecule has 2 aromatic heterocycles. The average molecular weight is 398 g/mol. The molecule has 0 fully saturated rings. The lowest BCUT2D eigenvalue weighted by molar-refractivity contribution is 0.0940. The number of carbonyl (C=O) groups excluding carboxylic acids is 1. The van der Waals surface area contributed by atoms with Crippen LogP contribution >= 0.6 is 11.3 Å². The first-order valence-corrected chi connectivity index (χ1v) is 10.3. The predicted octanol–water partition coefficient (Wildman–Crippen LogP) is 4.58. The molecule has 2 heterocycles. The van der Waals surface area contributed by atoms with Gasteiger partial charge in [0, 0.05) is 17.3 Å². The Bertz CT molecular complexity index is 974. The largest absolute Gasteiger partial charge is 0.489 e. The maximum absolute atomic E-state index is 12.5. The molecule has 0 spiro atoms. The van der Waals surface area contributed by atoms with Gasteiger partial charge in [0.25, 0.3) is 5.91 Å². The summed E-state index contributed by atoms with van der Waals surface area (Å²) in [4.78, 5) is 13.2. The van der Waals surface area contributed by atoms with Gasteiger partial charge in [-0.1, -0.05) is 6.07 Å². The van der Waals surface area contributed by atoms with Crippen LogP contribution in [0, 0.1) is 27.7 Å². The van der Waals surface area contributed by atoms with E-state index in [1.165, 1.54) is 22.5 Å². The smallest absolute Gasteiger partial charge is 0.261 e. The van der Waals surface area contributed by atoms with Gasteiger partial charge in [0.1, 0.15) is 12.4 Å². The first-order valence-electron chi connectivity index (χ1n) is 9.41. The van der Waals surface area contributed by atoms with Crippen LogP contribution in [-0.4, -0.2) is 21.7 Å². The first kappa shape index (κ1) is 20.1. The molecule has 5 nitrogen and oxygen atoms in total.